The highest BCUT2D eigenvalue weighted by Gasteiger charge is 2.35. The summed E-state index contributed by atoms with van der Waals surface area (Å²) < 4.78 is 6.06. The van der Waals surface area contributed by atoms with E-state index in [1.165, 1.54) is 25.9 Å². The first-order valence-electron chi connectivity index (χ1n) is 7.85. The van der Waals surface area contributed by atoms with Crippen LogP contribution in [-0.2, 0) is 0 Å². The minimum Gasteiger partial charge on any atom is -0.472 e. The molecule has 0 spiro atoms. The van der Waals surface area contributed by atoms with Crippen molar-refractivity contribution >= 4 is 5.69 Å². The zero-order valence-electron chi connectivity index (χ0n) is 12.5. The number of aromatic nitrogens is 2. The molecule has 0 unspecified atom stereocenters. The Labute approximate surface area is 130 Å². The van der Waals surface area contributed by atoms with Crippen molar-refractivity contribution in [2.75, 3.05) is 25.4 Å². The van der Waals surface area contributed by atoms with Gasteiger partial charge in [0.1, 0.15) is 6.10 Å². The largest absolute Gasteiger partial charge is 0.472 e. The van der Waals surface area contributed by atoms with Gasteiger partial charge < -0.3 is 10.5 Å². The molecule has 5 heteroatoms. The van der Waals surface area contributed by atoms with Crippen LogP contribution in [0.25, 0.3) is 11.3 Å². The molecule has 3 aliphatic rings. The predicted octanol–water partition coefficient (Wildman–Crippen LogP) is 2.20. The Morgan fingerprint density at radius 1 is 1.05 bits per heavy atom. The second-order valence-corrected chi connectivity index (χ2v) is 6.16. The zero-order valence-corrected chi connectivity index (χ0v) is 12.5. The third kappa shape index (κ3) is 2.64. The van der Waals surface area contributed by atoms with E-state index < -0.39 is 0 Å². The van der Waals surface area contributed by atoms with Gasteiger partial charge in [-0.15, -0.1) is 0 Å². The van der Waals surface area contributed by atoms with Gasteiger partial charge in [0.2, 0.25) is 5.88 Å². The molecule has 1 aromatic carbocycles. The van der Waals surface area contributed by atoms with Crippen molar-refractivity contribution < 1.29 is 4.74 Å². The van der Waals surface area contributed by atoms with Crippen molar-refractivity contribution in [3.63, 3.8) is 0 Å². The smallest absolute Gasteiger partial charge is 0.232 e. The summed E-state index contributed by atoms with van der Waals surface area (Å²) in [6.45, 7) is 3.45. The number of piperidine rings is 3. The van der Waals surface area contributed by atoms with Gasteiger partial charge in [-0.1, -0.05) is 12.1 Å². The van der Waals surface area contributed by atoms with Crippen molar-refractivity contribution in [2.45, 2.75) is 18.9 Å². The topological polar surface area (TPSA) is 64.3 Å². The molecule has 2 aromatic rings. The minimum absolute atomic E-state index is 0.263. The van der Waals surface area contributed by atoms with Crippen LogP contribution < -0.4 is 10.5 Å². The second kappa shape index (κ2) is 5.57. The fourth-order valence-electron chi connectivity index (χ4n) is 3.38. The van der Waals surface area contributed by atoms with E-state index in [2.05, 4.69) is 14.9 Å². The summed E-state index contributed by atoms with van der Waals surface area (Å²) in [4.78, 5) is 11.4. The van der Waals surface area contributed by atoms with Crippen LogP contribution in [0.4, 0.5) is 5.69 Å². The fourth-order valence-corrected chi connectivity index (χ4v) is 3.38. The number of rotatable bonds is 3. The molecule has 0 radical (unpaired) electrons. The monoisotopic (exact) mass is 296 g/mol. The van der Waals surface area contributed by atoms with Gasteiger partial charge in [-0.25, -0.2) is 9.97 Å². The lowest BCUT2D eigenvalue weighted by Gasteiger charge is -2.44. The molecule has 5 rings (SSSR count). The number of hydrogen-bond acceptors (Lipinski definition) is 5. The molecule has 0 saturated carbocycles. The van der Waals surface area contributed by atoms with Crippen LogP contribution in [0.3, 0.4) is 0 Å². The normalized spacial score (nSPS) is 26.8. The molecular weight excluding hydrogens is 276 g/mol. The van der Waals surface area contributed by atoms with E-state index in [-0.39, 0.29) is 6.10 Å². The molecular formula is C17H20N4O. The highest BCUT2D eigenvalue weighted by Crippen LogP contribution is 2.30. The third-order valence-electron chi connectivity index (χ3n) is 4.70. The van der Waals surface area contributed by atoms with Crippen molar-refractivity contribution in [3.05, 3.63) is 36.7 Å². The van der Waals surface area contributed by atoms with E-state index in [4.69, 9.17) is 10.5 Å². The van der Waals surface area contributed by atoms with E-state index in [1.54, 1.807) is 12.4 Å². The molecule has 2 N–H and O–H groups in total. The molecule has 3 aliphatic heterocycles. The summed E-state index contributed by atoms with van der Waals surface area (Å²) in [5, 5.41) is 0. The van der Waals surface area contributed by atoms with Crippen LogP contribution in [0.15, 0.2) is 36.7 Å². The molecule has 0 amide bonds. The van der Waals surface area contributed by atoms with Crippen LogP contribution in [0.2, 0.25) is 0 Å². The number of nitrogen functional groups attached to an aromatic ring is 1. The molecule has 22 heavy (non-hydrogen) atoms. The first kappa shape index (κ1) is 13.5. The van der Waals surface area contributed by atoms with Gasteiger partial charge in [-0.2, -0.15) is 0 Å². The van der Waals surface area contributed by atoms with Gasteiger partial charge in [0.05, 0.1) is 18.1 Å². The molecule has 5 nitrogen and oxygen atoms in total. The summed E-state index contributed by atoms with van der Waals surface area (Å²) in [5.74, 6) is 1.29. The Hall–Kier alpha value is -2.14. The second-order valence-electron chi connectivity index (χ2n) is 6.16. The highest BCUT2D eigenvalue weighted by atomic mass is 16.5. The highest BCUT2D eigenvalue weighted by molar-refractivity contribution is 5.61. The third-order valence-corrected chi connectivity index (χ3v) is 4.70. The lowest BCUT2D eigenvalue weighted by molar-refractivity contribution is -0.0101. The summed E-state index contributed by atoms with van der Waals surface area (Å²) in [5.41, 5.74) is 8.30. The molecule has 1 atom stereocenters. The van der Waals surface area contributed by atoms with E-state index in [9.17, 15) is 0 Å². The summed E-state index contributed by atoms with van der Waals surface area (Å²) in [6, 6.07) is 7.64. The van der Waals surface area contributed by atoms with Crippen LogP contribution in [0.1, 0.15) is 12.8 Å². The lowest BCUT2D eigenvalue weighted by atomic mass is 9.86. The Bertz CT molecular complexity index is 633. The quantitative estimate of drug-likeness (QED) is 0.880. The number of ether oxygens (including phenoxy) is 1. The molecule has 4 heterocycles. The molecule has 3 fully saturated rings. The van der Waals surface area contributed by atoms with Crippen molar-refractivity contribution in [2.24, 2.45) is 5.92 Å². The van der Waals surface area contributed by atoms with Gasteiger partial charge in [-0.3, -0.25) is 4.90 Å². The van der Waals surface area contributed by atoms with E-state index in [0.29, 0.717) is 11.8 Å². The molecule has 3 saturated heterocycles. The predicted molar refractivity (Wildman–Crippen MR) is 85.5 cm³/mol. The zero-order chi connectivity index (χ0) is 14.9. The maximum absolute atomic E-state index is 6.06. The van der Waals surface area contributed by atoms with Gasteiger partial charge in [0.15, 0.2) is 0 Å². The maximum Gasteiger partial charge on any atom is 0.232 e. The SMILES string of the molecule is Nc1ccc(-c2cnc(O[C@@H]3CN4CCC3CC4)cn2)cc1. The average molecular weight is 296 g/mol. The summed E-state index contributed by atoms with van der Waals surface area (Å²) >= 11 is 0. The van der Waals surface area contributed by atoms with Gasteiger partial charge in [-0.05, 0) is 44.0 Å². The van der Waals surface area contributed by atoms with Crippen molar-refractivity contribution in [1.82, 2.24) is 14.9 Å². The number of hydrogen-bond donors (Lipinski definition) is 1. The number of fused-ring (bicyclic) bond motifs is 3. The Balaban J connectivity index is 1.46. The van der Waals surface area contributed by atoms with Crippen molar-refractivity contribution in [3.8, 4) is 17.1 Å². The summed E-state index contributed by atoms with van der Waals surface area (Å²) in [7, 11) is 0. The van der Waals surface area contributed by atoms with E-state index >= 15 is 0 Å². The standard InChI is InChI=1S/C17H20N4O/c18-14-3-1-12(2-4-14)15-9-20-17(10-19-15)22-16-11-21-7-5-13(16)6-8-21/h1-4,9-10,13,16H,5-8,11,18H2/t16-/m1/s1. The maximum atomic E-state index is 6.06. The fraction of sp³-hybridized carbons (Fsp3) is 0.412. The number of nitrogens with zero attached hydrogens (tertiary/aromatic N) is 3. The number of nitrogens with two attached hydrogens (primary N) is 1. The lowest BCUT2D eigenvalue weighted by Crippen LogP contribution is -2.52. The Kier molecular flexibility index (Phi) is 3.42. The Morgan fingerprint density at radius 3 is 2.41 bits per heavy atom. The van der Waals surface area contributed by atoms with Gasteiger partial charge in [0, 0.05) is 17.8 Å². The molecule has 1 aromatic heterocycles. The Morgan fingerprint density at radius 2 is 1.82 bits per heavy atom. The van der Waals surface area contributed by atoms with Crippen LogP contribution >= 0.6 is 0 Å². The van der Waals surface area contributed by atoms with Gasteiger partial charge in [0.25, 0.3) is 0 Å². The number of anilines is 1. The molecule has 114 valence electrons. The van der Waals surface area contributed by atoms with Gasteiger partial charge >= 0.3 is 0 Å². The molecule has 2 bridgehead atoms. The van der Waals surface area contributed by atoms with Crippen molar-refractivity contribution in [1.29, 1.82) is 0 Å². The first-order valence-corrected chi connectivity index (χ1v) is 7.85. The average Bonchev–Trinajstić information content (AvgIpc) is 2.58. The van der Waals surface area contributed by atoms with E-state index in [1.807, 2.05) is 24.3 Å². The van der Waals surface area contributed by atoms with Crippen LogP contribution in [0.5, 0.6) is 5.88 Å². The number of benzene rings is 1. The minimum atomic E-state index is 0.263. The first-order chi connectivity index (χ1) is 10.8. The summed E-state index contributed by atoms with van der Waals surface area (Å²) in [6.07, 6.45) is 6.23. The van der Waals surface area contributed by atoms with Crippen LogP contribution in [0, 0.1) is 5.92 Å². The molecule has 0 aliphatic carbocycles. The van der Waals surface area contributed by atoms with Crippen LogP contribution in [-0.4, -0.2) is 40.6 Å². The van der Waals surface area contributed by atoms with E-state index in [0.717, 1.165) is 23.5 Å².